The van der Waals surface area contributed by atoms with E-state index in [-0.39, 0.29) is 19.7 Å². The van der Waals surface area contributed by atoms with Crippen LogP contribution in [0, 0.1) is 5.92 Å². The van der Waals surface area contributed by atoms with Crippen molar-refractivity contribution < 1.29 is 27.8 Å². The van der Waals surface area contributed by atoms with Crippen LogP contribution in [0.1, 0.15) is 40.5 Å². The van der Waals surface area contributed by atoms with E-state index in [0.29, 0.717) is 0 Å². The zero-order valence-electron chi connectivity index (χ0n) is 12.9. The van der Waals surface area contributed by atoms with Crippen LogP contribution in [-0.2, 0) is 14.3 Å². The first-order valence-corrected chi connectivity index (χ1v) is 7.06. The van der Waals surface area contributed by atoms with Crippen molar-refractivity contribution in [3.63, 3.8) is 0 Å². The topological polar surface area (TPSA) is 55.8 Å². The zero-order valence-corrected chi connectivity index (χ0v) is 12.9. The van der Waals surface area contributed by atoms with Gasteiger partial charge in [0.1, 0.15) is 5.60 Å². The fourth-order valence-corrected chi connectivity index (χ4v) is 2.11. The van der Waals surface area contributed by atoms with Crippen molar-refractivity contribution in [2.45, 2.75) is 52.1 Å². The molecule has 1 heterocycles. The van der Waals surface area contributed by atoms with Gasteiger partial charge < -0.3 is 14.4 Å². The van der Waals surface area contributed by atoms with Gasteiger partial charge in [0.15, 0.2) is 0 Å². The van der Waals surface area contributed by atoms with Gasteiger partial charge in [0.25, 0.3) is 5.92 Å². The average molecular weight is 307 g/mol. The Bertz CT molecular complexity index is 393. The number of esters is 1. The molecule has 1 fully saturated rings. The molecule has 1 aliphatic rings. The minimum atomic E-state index is -2.98. The molecule has 21 heavy (non-hydrogen) atoms. The van der Waals surface area contributed by atoms with Gasteiger partial charge in [-0.25, -0.2) is 13.6 Å². The highest BCUT2D eigenvalue weighted by molar-refractivity contribution is 5.71. The molecule has 0 unspecified atom stereocenters. The molecule has 0 bridgehead atoms. The van der Waals surface area contributed by atoms with Gasteiger partial charge >= 0.3 is 12.1 Å². The van der Waals surface area contributed by atoms with Gasteiger partial charge in [-0.2, -0.15) is 0 Å². The Morgan fingerprint density at radius 1 is 1.33 bits per heavy atom. The Balaban J connectivity index is 2.69. The smallest absolute Gasteiger partial charge is 0.410 e. The van der Waals surface area contributed by atoms with Crippen LogP contribution in [-0.4, -0.2) is 48.2 Å². The van der Waals surface area contributed by atoms with Gasteiger partial charge in [-0.3, -0.25) is 4.79 Å². The number of carbonyl (C=O) groups is 2. The molecule has 0 aromatic heterocycles. The number of rotatable bonds is 3. The Kier molecular flexibility index (Phi) is 5.53. The van der Waals surface area contributed by atoms with E-state index in [2.05, 4.69) is 0 Å². The van der Waals surface area contributed by atoms with Crippen LogP contribution in [0.5, 0.6) is 0 Å². The molecule has 0 aromatic carbocycles. The first kappa shape index (κ1) is 17.7. The number of hydrogen-bond acceptors (Lipinski definition) is 4. The molecule has 0 saturated carbocycles. The number of likely N-dealkylation sites (tertiary alicyclic amines) is 1. The molecule has 1 atom stereocenters. The lowest BCUT2D eigenvalue weighted by atomic mass is 9.91. The number of alkyl halides is 2. The fraction of sp³-hybridized carbons (Fsp3) is 0.857. The van der Waals surface area contributed by atoms with E-state index in [4.69, 9.17) is 9.47 Å². The highest BCUT2D eigenvalue weighted by atomic mass is 19.3. The third-order valence-electron chi connectivity index (χ3n) is 3.12. The van der Waals surface area contributed by atoms with Crippen LogP contribution in [0.4, 0.5) is 13.6 Å². The molecular formula is C14H23F2NO4. The maximum atomic E-state index is 13.9. The summed E-state index contributed by atoms with van der Waals surface area (Å²) in [7, 11) is 0. The number of ether oxygens (including phenoxy) is 2. The van der Waals surface area contributed by atoms with Crippen LogP contribution in [0.25, 0.3) is 0 Å². The van der Waals surface area contributed by atoms with Gasteiger partial charge in [-0.1, -0.05) is 0 Å². The summed E-state index contributed by atoms with van der Waals surface area (Å²) in [5, 5.41) is 0. The Hall–Kier alpha value is -1.40. The summed E-state index contributed by atoms with van der Waals surface area (Å²) in [4.78, 5) is 24.6. The lowest BCUT2D eigenvalue weighted by Gasteiger charge is -2.38. The number of carbonyl (C=O) groups excluding carboxylic acids is 2. The van der Waals surface area contributed by atoms with Crippen LogP contribution in [0.3, 0.4) is 0 Å². The van der Waals surface area contributed by atoms with E-state index in [9.17, 15) is 18.4 Å². The molecule has 7 heteroatoms. The van der Waals surface area contributed by atoms with Gasteiger partial charge in [-0.05, 0) is 27.7 Å². The monoisotopic (exact) mass is 307 g/mol. The molecular weight excluding hydrogens is 284 g/mol. The van der Waals surface area contributed by atoms with Crippen LogP contribution in [0.2, 0.25) is 0 Å². The quantitative estimate of drug-likeness (QED) is 0.752. The van der Waals surface area contributed by atoms with Crippen LogP contribution >= 0.6 is 0 Å². The zero-order chi connectivity index (χ0) is 16.3. The van der Waals surface area contributed by atoms with Crippen molar-refractivity contribution in [2.24, 2.45) is 5.92 Å². The molecule has 1 saturated heterocycles. The maximum Gasteiger partial charge on any atom is 0.410 e. The van der Waals surface area contributed by atoms with Crippen molar-refractivity contribution in [1.29, 1.82) is 0 Å². The van der Waals surface area contributed by atoms with Gasteiger partial charge in [0.05, 0.1) is 18.9 Å². The summed E-state index contributed by atoms with van der Waals surface area (Å²) in [6.07, 6.45) is -1.51. The van der Waals surface area contributed by atoms with Gasteiger partial charge in [0, 0.05) is 19.5 Å². The fourth-order valence-electron chi connectivity index (χ4n) is 2.11. The predicted octanol–water partition coefficient (Wildman–Crippen LogP) is 2.83. The molecule has 0 spiro atoms. The van der Waals surface area contributed by atoms with E-state index >= 15 is 0 Å². The molecule has 5 nitrogen and oxygen atoms in total. The van der Waals surface area contributed by atoms with E-state index in [0.717, 1.165) is 0 Å². The first-order valence-electron chi connectivity index (χ1n) is 7.06. The second-order valence-electron chi connectivity index (χ2n) is 6.14. The SMILES string of the molecule is CCOC(=O)C[C@@H]1CN(C(=O)OC(C)(C)C)CCC1(F)F. The van der Waals surface area contributed by atoms with Crippen molar-refractivity contribution in [2.75, 3.05) is 19.7 Å². The average Bonchev–Trinajstić information content (AvgIpc) is 2.29. The molecule has 0 aromatic rings. The Morgan fingerprint density at radius 3 is 2.48 bits per heavy atom. The molecule has 1 rings (SSSR count). The van der Waals surface area contributed by atoms with E-state index in [1.165, 1.54) is 4.90 Å². The summed E-state index contributed by atoms with van der Waals surface area (Å²) < 4.78 is 37.6. The van der Waals surface area contributed by atoms with Crippen molar-refractivity contribution in [3.8, 4) is 0 Å². The Labute approximate surface area is 123 Å². The molecule has 0 radical (unpaired) electrons. The second kappa shape index (κ2) is 6.58. The van der Waals surface area contributed by atoms with Gasteiger partial charge in [0.2, 0.25) is 0 Å². The number of amides is 1. The van der Waals surface area contributed by atoms with Gasteiger partial charge in [-0.15, -0.1) is 0 Å². The maximum absolute atomic E-state index is 13.9. The third-order valence-corrected chi connectivity index (χ3v) is 3.12. The largest absolute Gasteiger partial charge is 0.466 e. The standard InChI is InChI=1S/C14H23F2NO4/c1-5-20-11(18)8-10-9-17(7-6-14(10,15)16)12(19)21-13(2,3)4/h10H,5-9H2,1-4H3/t10-/m1/s1. The summed E-state index contributed by atoms with van der Waals surface area (Å²) in [5.41, 5.74) is -0.687. The highest BCUT2D eigenvalue weighted by Crippen LogP contribution is 2.36. The number of halogens is 2. The third kappa shape index (κ3) is 5.47. The predicted molar refractivity (Wildman–Crippen MR) is 72.1 cm³/mol. The number of hydrogen-bond donors (Lipinski definition) is 0. The normalized spacial score (nSPS) is 21.8. The van der Waals surface area contributed by atoms with Crippen LogP contribution < -0.4 is 0 Å². The molecule has 1 amide bonds. The lowest BCUT2D eigenvalue weighted by molar-refractivity contribution is -0.154. The van der Waals surface area contributed by atoms with Crippen molar-refractivity contribution in [1.82, 2.24) is 4.90 Å². The molecule has 122 valence electrons. The molecule has 0 aliphatic carbocycles. The summed E-state index contributed by atoms with van der Waals surface area (Å²) in [6, 6.07) is 0. The molecule has 0 N–H and O–H groups in total. The van der Waals surface area contributed by atoms with E-state index in [1.807, 2.05) is 0 Å². The van der Waals surface area contributed by atoms with Crippen molar-refractivity contribution >= 4 is 12.1 Å². The first-order chi connectivity index (χ1) is 9.55. The van der Waals surface area contributed by atoms with E-state index in [1.54, 1.807) is 27.7 Å². The second-order valence-corrected chi connectivity index (χ2v) is 6.14. The minimum absolute atomic E-state index is 0.0821. The minimum Gasteiger partial charge on any atom is -0.466 e. The lowest BCUT2D eigenvalue weighted by Crippen LogP contribution is -2.51. The summed E-state index contributed by atoms with van der Waals surface area (Å²) in [6.45, 7) is 6.59. The number of nitrogens with zero attached hydrogens (tertiary/aromatic N) is 1. The molecule has 1 aliphatic heterocycles. The summed E-state index contributed by atoms with van der Waals surface area (Å²) in [5.74, 6) is -4.89. The van der Waals surface area contributed by atoms with Crippen molar-refractivity contribution in [3.05, 3.63) is 0 Å². The highest BCUT2D eigenvalue weighted by Gasteiger charge is 2.46. The number of piperidine rings is 1. The van der Waals surface area contributed by atoms with E-state index < -0.39 is 42.3 Å². The van der Waals surface area contributed by atoms with Crippen LogP contribution in [0.15, 0.2) is 0 Å². The summed E-state index contributed by atoms with van der Waals surface area (Å²) >= 11 is 0. The Morgan fingerprint density at radius 2 is 1.95 bits per heavy atom.